The maximum Gasteiger partial charge on any atom is 0.0628 e. The number of aromatic nitrogens is 2. The van der Waals surface area contributed by atoms with E-state index in [-0.39, 0.29) is 0 Å². The van der Waals surface area contributed by atoms with Crippen molar-refractivity contribution in [1.82, 2.24) is 15.1 Å². The zero-order valence-corrected chi connectivity index (χ0v) is 12.3. The minimum atomic E-state index is 0.811. The highest BCUT2D eigenvalue weighted by molar-refractivity contribution is 5.24. The summed E-state index contributed by atoms with van der Waals surface area (Å²) in [5.74, 6) is 0. The molecule has 1 heterocycles. The number of ether oxygens (including phenoxy) is 1. The first-order valence-electron chi connectivity index (χ1n) is 7.02. The van der Waals surface area contributed by atoms with Crippen LogP contribution in [0.15, 0.2) is 0 Å². The second kappa shape index (κ2) is 8.27. The maximum atomic E-state index is 5.29. The lowest BCUT2D eigenvalue weighted by Gasteiger charge is -2.07. The van der Waals surface area contributed by atoms with Gasteiger partial charge < -0.3 is 10.1 Å². The third-order valence-corrected chi connectivity index (χ3v) is 3.23. The van der Waals surface area contributed by atoms with Gasteiger partial charge in [0.05, 0.1) is 12.2 Å². The second-order valence-electron chi connectivity index (χ2n) is 4.53. The predicted molar refractivity (Wildman–Crippen MR) is 75.1 cm³/mol. The summed E-state index contributed by atoms with van der Waals surface area (Å²) in [6.07, 6.45) is 2.14. The van der Waals surface area contributed by atoms with E-state index in [1.165, 1.54) is 17.0 Å². The Bertz CT molecular complexity index is 347. The van der Waals surface area contributed by atoms with Gasteiger partial charge in [0.25, 0.3) is 0 Å². The molecule has 0 atom stereocenters. The van der Waals surface area contributed by atoms with Crippen molar-refractivity contribution < 1.29 is 4.74 Å². The van der Waals surface area contributed by atoms with Crippen molar-refractivity contribution in [2.75, 3.05) is 26.3 Å². The van der Waals surface area contributed by atoms with Gasteiger partial charge in [0.1, 0.15) is 0 Å². The molecule has 0 aliphatic heterocycles. The minimum Gasteiger partial charge on any atom is -0.382 e. The smallest absolute Gasteiger partial charge is 0.0628 e. The highest BCUT2D eigenvalue weighted by atomic mass is 16.5. The lowest BCUT2D eigenvalue weighted by atomic mass is 10.1. The molecule has 1 aromatic rings. The van der Waals surface area contributed by atoms with E-state index in [1.807, 2.05) is 6.92 Å². The molecule has 1 N–H and O–H groups in total. The lowest BCUT2D eigenvalue weighted by Crippen LogP contribution is -2.23. The number of nitrogens with one attached hydrogen (secondary N) is 1. The third-order valence-electron chi connectivity index (χ3n) is 3.23. The Morgan fingerprint density at radius 3 is 2.61 bits per heavy atom. The Labute approximate surface area is 111 Å². The number of rotatable bonds is 9. The zero-order valence-electron chi connectivity index (χ0n) is 12.3. The quantitative estimate of drug-likeness (QED) is 0.685. The van der Waals surface area contributed by atoms with Gasteiger partial charge >= 0.3 is 0 Å². The van der Waals surface area contributed by atoms with Gasteiger partial charge in [-0.15, -0.1) is 0 Å². The van der Waals surface area contributed by atoms with E-state index in [2.05, 4.69) is 35.9 Å². The molecule has 104 valence electrons. The van der Waals surface area contributed by atoms with Gasteiger partial charge in [0.2, 0.25) is 0 Å². The zero-order chi connectivity index (χ0) is 13.4. The molecule has 0 bridgehead atoms. The van der Waals surface area contributed by atoms with Crippen LogP contribution in [-0.4, -0.2) is 36.1 Å². The summed E-state index contributed by atoms with van der Waals surface area (Å²) in [5.41, 5.74) is 3.88. The van der Waals surface area contributed by atoms with Crippen LogP contribution in [0, 0.1) is 13.8 Å². The average Bonchev–Trinajstić information content (AvgIpc) is 2.63. The van der Waals surface area contributed by atoms with Crippen molar-refractivity contribution in [2.45, 2.75) is 47.1 Å². The topological polar surface area (TPSA) is 39.1 Å². The lowest BCUT2D eigenvalue weighted by molar-refractivity contribution is 0.144. The molecule has 0 saturated carbocycles. The van der Waals surface area contributed by atoms with E-state index in [4.69, 9.17) is 4.74 Å². The molecule has 0 unspecified atom stereocenters. The highest BCUT2D eigenvalue weighted by Crippen LogP contribution is 2.12. The summed E-state index contributed by atoms with van der Waals surface area (Å²) in [4.78, 5) is 0. The van der Waals surface area contributed by atoms with Crippen molar-refractivity contribution in [3.63, 3.8) is 0 Å². The van der Waals surface area contributed by atoms with Crippen molar-refractivity contribution >= 4 is 0 Å². The average molecular weight is 253 g/mol. The van der Waals surface area contributed by atoms with Crippen LogP contribution < -0.4 is 5.32 Å². The fourth-order valence-electron chi connectivity index (χ4n) is 2.22. The van der Waals surface area contributed by atoms with Crippen LogP contribution in [0.2, 0.25) is 0 Å². The van der Waals surface area contributed by atoms with Gasteiger partial charge in [-0.2, -0.15) is 5.10 Å². The highest BCUT2D eigenvalue weighted by Gasteiger charge is 2.08. The Kier molecular flexibility index (Phi) is 6.98. The van der Waals surface area contributed by atoms with Crippen molar-refractivity contribution in [3.8, 4) is 0 Å². The summed E-state index contributed by atoms with van der Waals surface area (Å²) < 4.78 is 7.41. The molecule has 0 spiro atoms. The summed E-state index contributed by atoms with van der Waals surface area (Å²) in [7, 11) is 0. The van der Waals surface area contributed by atoms with Crippen LogP contribution in [0.1, 0.15) is 37.2 Å². The molecule has 4 nitrogen and oxygen atoms in total. The van der Waals surface area contributed by atoms with Gasteiger partial charge in [-0.1, -0.05) is 6.92 Å². The van der Waals surface area contributed by atoms with E-state index in [1.54, 1.807) is 0 Å². The van der Waals surface area contributed by atoms with Gasteiger partial charge in [0, 0.05) is 25.5 Å². The number of hydrogen-bond donors (Lipinski definition) is 1. The summed E-state index contributed by atoms with van der Waals surface area (Å²) in [6, 6.07) is 0. The van der Waals surface area contributed by atoms with Crippen molar-refractivity contribution in [1.29, 1.82) is 0 Å². The monoisotopic (exact) mass is 253 g/mol. The molecule has 0 aliphatic rings. The number of hydrogen-bond acceptors (Lipinski definition) is 3. The van der Waals surface area contributed by atoms with Gasteiger partial charge in [0.15, 0.2) is 0 Å². The number of aryl methyl sites for hydroxylation is 1. The normalized spacial score (nSPS) is 11.1. The Morgan fingerprint density at radius 2 is 2.00 bits per heavy atom. The van der Waals surface area contributed by atoms with Crippen molar-refractivity contribution in [3.05, 3.63) is 17.0 Å². The van der Waals surface area contributed by atoms with Crippen LogP contribution in [0.5, 0.6) is 0 Å². The van der Waals surface area contributed by atoms with E-state index < -0.39 is 0 Å². The molecule has 0 radical (unpaired) electrons. The largest absolute Gasteiger partial charge is 0.382 e. The van der Waals surface area contributed by atoms with Crippen LogP contribution >= 0.6 is 0 Å². The standard InChI is InChI=1S/C14H27N3O/c1-5-14-12(3)16-17(13(14)4)10-9-15-8-7-11-18-6-2/h15H,5-11H2,1-4H3. The van der Waals surface area contributed by atoms with Crippen LogP contribution in [0.25, 0.3) is 0 Å². The molecule has 0 aliphatic carbocycles. The molecular formula is C14H27N3O. The molecule has 1 rings (SSSR count). The summed E-state index contributed by atoms with van der Waals surface area (Å²) >= 11 is 0. The van der Waals surface area contributed by atoms with Crippen molar-refractivity contribution in [2.24, 2.45) is 0 Å². The fraction of sp³-hybridized carbons (Fsp3) is 0.786. The molecule has 1 aromatic heterocycles. The Morgan fingerprint density at radius 1 is 1.22 bits per heavy atom. The molecule has 0 saturated heterocycles. The van der Waals surface area contributed by atoms with Gasteiger partial charge in [-0.3, -0.25) is 4.68 Å². The Balaban J connectivity index is 2.23. The van der Waals surface area contributed by atoms with Crippen LogP contribution in [-0.2, 0) is 17.7 Å². The molecule has 0 amide bonds. The van der Waals surface area contributed by atoms with E-state index in [0.717, 1.165) is 45.7 Å². The van der Waals surface area contributed by atoms with Gasteiger partial charge in [-0.25, -0.2) is 0 Å². The molecule has 0 fully saturated rings. The van der Waals surface area contributed by atoms with E-state index in [9.17, 15) is 0 Å². The Hall–Kier alpha value is -0.870. The third kappa shape index (κ3) is 4.42. The van der Waals surface area contributed by atoms with Gasteiger partial charge in [-0.05, 0) is 45.7 Å². The first-order chi connectivity index (χ1) is 8.70. The summed E-state index contributed by atoms with van der Waals surface area (Å²) in [6.45, 7) is 13.1. The maximum absolute atomic E-state index is 5.29. The SMILES string of the molecule is CCOCCCNCCn1nc(C)c(CC)c1C. The molecule has 18 heavy (non-hydrogen) atoms. The van der Waals surface area contributed by atoms with Crippen LogP contribution in [0.4, 0.5) is 0 Å². The number of nitrogens with zero attached hydrogens (tertiary/aromatic N) is 2. The summed E-state index contributed by atoms with van der Waals surface area (Å²) in [5, 5.41) is 8.01. The molecular weight excluding hydrogens is 226 g/mol. The first kappa shape index (κ1) is 15.2. The van der Waals surface area contributed by atoms with Crippen LogP contribution in [0.3, 0.4) is 0 Å². The minimum absolute atomic E-state index is 0.811. The molecule has 0 aromatic carbocycles. The van der Waals surface area contributed by atoms with E-state index >= 15 is 0 Å². The first-order valence-corrected chi connectivity index (χ1v) is 7.02. The predicted octanol–water partition coefficient (Wildman–Crippen LogP) is 2.08. The second-order valence-corrected chi connectivity index (χ2v) is 4.53. The molecule has 4 heteroatoms. The fourth-order valence-corrected chi connectivity index (χ4v) is 2.22. The van der Waals surface area contributed by atoms with E-state index in [0.29, 0.717) is 0 Å².